The maximum Gasteiger partial charge on any atom is 0.407 e. The topological polar surface area (TPSA) is 176 Å². The van der Waals surface area contributed by atoms with Gasteiger partial charge in [-0.25, -0.2) is 19.8 Å². The van der Waals surface area contributed by atoms with Crippen LogP contribution in [0.2, 0.25) is 0 Å². The van der Waals surface area contributed by atoms with Crippen LogP contribution in [0, 0.1) is 17.8 Å². The number of fused-ring (bicyclic) bond motifs is 1. The summed E-state index contributed by atoms with van der Waals surface area (Å²) in [6, 6.07) is 11.8. The number of H-pyrrole nitrogens is 2. The van der Waals surface area contributed by atoms with Gasteiger partial charge in [0.25, 0.3) is 5.91 Å². The number of benzene rings is 2. The standard InChI is InChI=1S/C40H48N8O7.CH4.4H2S/c1-24(2)34(46-40(51)53-5)38(49)47-19-7-9-32(47)36-41-22-31(45-36)28-16-13-26(14-17-28)11-12-27-15-18-29-30(21-27)44-37(43-29)33-10-8-20-48(33)39(50)35(25(3)52-4)42-23-55-54-6;;;;;/h13-18,21-25,32-35H,7-10,19-20H2,1-6H3,(H,41,45)(H,43,44)(H,46,51);1H4;4*1H2/t25-,32+,33+,34+,35+;;;;;/m1...../s1. The lowest BCUT2D eigenvalue weighted by molar-refractivity contribution is -0.188. The maximum atomic E-state index is 13.6. The quantitative estimate of drug-likeness (QED) is 0.0495. The number of aromatic amines is 2. The van der Waals surface area contributed by atoms with E-state index in [0.29, 0.717) is 24.7 Å². The lowest BCUT2D eigenvalue weighted by Crippen LogP contribution is -2.51. The Balaban J connectivity index is 0.00000360. The molecule has 0 saturated carbocycles. The summed E-state index contributed by atoms with van der Waals surface area (Å²) >= 11 is 0. The number of carbonyl (C=O) groups is 3. The molecule has 4 heterocycles. The van der Waals surface area contributed by atoms with Crippen LogP contribution in [0.3, 0.4) is 0 Å². The average Bonchev–Trinajstić information content (AvgIpc) is 4.03. The van der Waals surface area contributed by atoms with E-state index in [4.69, 9.17) is 19.3 Å². The summed E-state index contributed by atoms with van der Waals surface area (Å²) in [5.41, 5.74) is 5.07. The summed E-state index contributed by atoms with van der Waals surface area (Å²) in [6.07, 6.45) is 5.03. The van der Waals surface area contributed by atoms with Gasteiger partial charge in [-0.15, -0.1) is 0 Å². The number of aliphatic imine (C=N–C) groups is 1. The van der Waals surface area contributed by atoms with Gasteiger partial charge in [0.1, 0.15) is 17.7 Å². The number of amides is 3. The van der Waals surface area contributed by atoms with Crippen molar-refractivity contribution in [1.29, 1.82) is 0 Å². The molecule has 2 aromatic carbocycles. The van der Waals surface area contributed by atoms with Crippen LogP contribution in [0.15, 0.2) is 53.7 Å². The minimum atomic E-state index is -0.792. The van der Waals surface area contributed by atoms with Crippen molar-refractivity contribution in [2.45, 2.75) is 84.2 Å². The minimum absolute atomic E-state index is 0. The fraction of sp³-hybridized carbons (Fsp3) is 0.463. The Labute approximate surface area is 380 Å². The van der Waals surface area contributed by atoms with Crippen LogP contribution >= 0.6 is 54.0 Å². The highest BCUT2D eigenvalue weighted by Crippen LogP contribution is 2.34. The number of aromatic nitrogens is 4. The van der Waals surface area contributed by atoms with Gasteiger partial charge in [0.2, 0.25) is 12.3 Å². The Morgan fingerprint density at radius 3 is 2.10 bits per heavy atom. The van der Waals surface area contributed by atoms with Gasteiger partial charge in [-0.3, -0.25) is 9.59 Å². The van der Waals surface area contributed by atoms with Crippen LogP contribution in [-0.4, -0.2) is 107 Å². The highest BCUT2D eigenvalue weighted by atomic mass is 32.1. The average molecular weight is 905 g/mol. The van der Waals surface area contributed by atoms with E-state index < -0.39 is 24.3 Å². The van der Waals surface area contributed by atoms with Gasteiger partial charge >= 0.3 is 6.09 Å². The van der Waals surface area contributed by atoms with Crippen LogP contribution in [0.4, 0.5) is 4.79 Å². The Morgan fingerprint density at radius 1 is 0.867 bits per heavy atom. The van der Waals surface area contributed by atoms with E-state index >= 15 is 0 Å². The number of nitrogens with one attached hydrogen (secondary N) is 3. The fourth-order valence-electron chi connectivity index (χ4n) is 7.12. The number of nitrogens with zero attached hydrogens (tertiary/aromatic N) is 5. The van der Waals surface area contributed by atoms with E-state index in [0.717, 1.165) is 65.5 Å². The largest absolute Gasteiger partial charge is 0.453 e. The first-order chi connectivity index (χ1) is 26.6. The number of carbonyl (C=O) groups excluding carboxylic acids is 3. The molecule has 2 aliphatic rings. The second-order valence-electron chi connectivity index (χ2n) is 14.0. The van der Waals surface area contributed by atoms with Crippen molar-refractivity contribution in [3.63, 3.8) is 0 Å². The Kier molecular flexibility index (Phi) is 22.2. The summed E-state index contributed by atoms with van der Waals surface area (Å²) in [5, 5.41) is 2.69. The number of likely N-dealkylation sites (tertiary alicyclic amines) is 2. The molecule has 6 rings (SSSR count). The van der Waals surface area contributed by atoms with Crippen molar-refractivity contribution in [3.05, 3.63) is 71.4 Å². The molecule has 0 spiro atoms. The second kappa shape index (κ2) is 24.8. The number of rotatable bonds is 12. The van der Waals surface area contributed by atoms with Gasteiger partial charge in [-0.1, -0.05) is 45.2 Å². The van der Waals surface area contributed by atoms with E-state index in [9.17, 15) is 14.4 Å². The monoisotopic (exact) mass is 904 g/mol. The first-order valence-corrected chi connectivity index (χ1v) is 18.5. The van der Waals surface area contributed by atoms with E-state index in [1.807, 2.05) is 56.3 Å². The van der Waals surface area contributed by atoms with Gasteiger partial charge in [-0.2, -0.15) is 58.9 Å². The molecule has 15 nitrogen and oxygen atoms in total. The third-order valence-electron chi connectivity index (χ3n) is 10.2. The normalized spacial score (nSPS) is 17.1. The van der Waals surface area contributed by atoms with Crippen LogP contribution < -0.4 is 5.32 Å². The number of methoxy groups -OCH3 is 2. The maximum absolute atomic E-state index is 13.6. The molecular weight excluding hydrogens is 845 g/mol. The lowest BCUT2D eigenvalue weighted by atomic mass is 10.0. The zero-order valence-corrected chi connectivity index (χ0v) is 38.0. The molecule has 2 saturated heterocycles. The van der Waals surface area contributed by atoms with Crippen molar-refractivity contribution in [3.8, 4) is 23.1 Å². The molecule has 0 bridgehead atoms. The number of hydrogen-bond donors (Lipinski definition) is 3. The molecule has 3 amide bonds. The molecular formula is C41H60N8O7S4. The van der Waals surface area contributed by atoms with Crippen LogP contribution in [-0.2, 0) is 28.8 Å². The summed E-state index contributed by atoms with van der Waals surface area (Å²) in [5.74, 6) is 7.51. The zero-order valence-electron chi connectivity index (χ0n) is 34.0. The van der Waals surface area contributed by atoms with Crippen LogP contribution in [0.25, 0.3) is 22.3 Å². The number of hydrogen-bond acceptors (Lipinski definition) is 10. The Morgan fingerprint density at radius 2 is 1.48 bits per heavy atom. The molecule has 0 aliphatic carbocycles. The fourth-order valence-corrected chi connectivity index (χ4v) is 7.12. The summed E-state index contributed by atoms with van der Waals surface area (Å²) in [6.45, 7) is 6.75. The van der Waals surface area contributed by atoms with Gasteiger partial charge in [0, 0.05) is 31.3 Å². The van der Waals surface area contributed by atoms with E-state index in [1.54, 1.807) is 30.0 Å². The SMILES string of the molecule is C.COOC=N[C@H](C(=O)N1CCC[C@H]1c1nc2ccc(C#Cc3ccc(-c4cnc([C@@H]5CCCN5C(=O)[C@@H](NC(=O)OC)C(C)C)[nH]4)cc3)cc2[nH]1)[C@@H](C)OC.S.S.S.S. The van der Waals surface area contributed by atoms with E-state index in [1.165, 1.54) is 14.2 Å². The summed E-state index contributed by atoms with van der Waals surface area (Å²) in [4.78, 5) is 72.6. The number of imidazole rings is 2. The van der Waals surface area contributed by atoms with Crippen molar-refractivity contribution in [1.82, 2.24) is 35.1 Å². The smallest absolute Gasteiger partial charge is 0.407 e. The molecule has 330 valence electrons. The van der Waals surface area contributed by atoms with Crippen molar-refractivity contribution in [2.75, 3.05) is 34.4 Å². The van der Waals surface area contributed by atoms with Crippen LogP contribution in [0.1, 0.15) is 88.7 Å². The lowest BCUT2D eigenvalue weighted by Gasteiger charge is -2.30. The molecule has 0 unspecified atom stereocenters. The highest BCUT2D eigenvalue weighted by molar-refractivity contribution is 7.59. The third kappa shape index (κ3) is 12.4. The first kappa shape index (κ1) is 53.7. The summed E-state index contributed by atoms with van der Waals surface area (Å²) in [7, 11) is 4.19. The van der Waals surface area contributed by atoms with Gasteiger partial charge in [-0.05, 0) is 74.4 Å². The molecule has 2 aromatic heterocycles. The predicted octanol–water partition coefficient (Wildman–Crippen LogP) is 6.16. The van der Waals surface area contributed by atoms with Gasteiger partial charge < -0.3 is 39.4 Å². The molecule has 5 atom stereocenters. The van der Waals surface area contributed by atoms with Crippen molar-refractivity contribution >= 4 is 89.3 Å². The van der Waals surface area contributed by atoms with Crippen LogP contribution in [0.5, 0.6) is 0 Å². The molecule has 3 N–H and O–H groups in total. The third-order valence-corrected chi connectivity index (χ3v) is 10.2. The molecule has 2 aliphatic heterocycles. The minimum Gasteiger partial charge on any atom is -0.453 e. The Bertz CT molecular complexity index is 2090. The van der Waals surface area contributed by atoms with Crippen molar-refractivity contribution in [2.24, 2.45) is 10.9 Å². The molecule has 19 heteroatoms. The number of alkyl carbamates (subject to hydrolysis) is 1. The van der Waals surface area contributed by atoms with E-state index in [2.05, 4.69) is 42.0 Å². The van der Waals surface area contributed by atoms with Crippen molar-refractivity contribution < 1.29 is 33.6 Å². The number of ether oxygens (including phenoxy) is 2. The molecule has 4 aromatic rings. The van der Waals surface area contributed by atoms with Gasteiger partial charge in [0.15, 0.2) is 6.04 Å². The summed E-state index contributed by atoms with van der Waals surface area (Å²) < 4.78 is 10.2. The molecule has 2 fully saturated rings. The first-order valence-electron chi connectivity index (χ1n) is 18.5. The van der Waals surface area contributed by atoms with E-state index in [-0.39, 0.29) is 91.2 Å². The zero-order chi connectivity index (χ0) is 39.1. The van der Waals surface area contributed by atoms with Gasteiger partial charge in [0.05, 0.1) is 55.3 Å². The second-order valence-corrected chi connectivity index (χ2v) is 14.0. The highest BCUT2D eigenvalue weighted by Gasteiger charge is 2.39. The molecule has 0 radical (unpaired) electrons. The predicted molar refractivity (Wildman–Crippen MR) is 253 cm³/mol. The Hall–Kier alpha value is -4.32. The molecule has 60 heavy (non-hydrogen) atoms.